The van der Waals surface area contributed by atoms with Crippen molar-refractivity contribution in [1.29, 1.82) is 0 Å². The molecule has 0 saturated heterocycles. The lowest BCUT2D eigenvalue weighted by Gasteiger charge is -2.10. The Balaban J connectivity index is 2.11. The van der Waals surface area contributed by atoms with Crippen molar-refractivity contribution in [2.75, 3.05) is 5.88 Å². The van der Waals surface area contributed by atoms with Gasteiger partial charge in [-0.1, -0.05) is 25.1 Å². The first-order valence-corrected chi connectivity index (χ1v) is 8.52. The second-order valence-electron chi connectivity index (χ2n) is 5.75. The Morgan fingerprint density at radius 1 is 1.17 bits per heavy atom. The molecule has 1 aromatic heterocycles. The molecule has 0 fully saturated rings. The van der Waals surface area contributed by atoms with Crippen LogP contribution in [-0.2, 0) is 12.8 Å². The Morgan fingerprint density at radius 3 is 2.52 bits per heavy atom. The van der Waals surface area contributed by atoms with Gasteiger partial charge in [0.1, 0.15) is 5.82 Å². The summed E-state index contributed by atoms with van der Waals surface area (Å²) in [5, 5.41) is 9.77. The summed E-state index contributed by atoms with van der Waals surface area (Å²) in [6, 6.07) is 14.4. The fourth-order valence-corrected chi connectivity index (χ4v) is 3.07. The molecule has 1 N–H and O–H groups in total. The van der Waals surface area contributed by atoms with Crippen molar-refractivity contribution in [3.8, 4) is 5.69 Å². The van der Waals surface area contributed by atoms with Crippen LogP contribution < -0.4 is 0 Å². The van der Waals surface area contributed by atoms with Gasteiger partial charge in [0.05, 0.1) is 17.1 Å². The zero-order chi connectivity index (χ0) is 16.4. The molecule has 0 aliphatic rings. The minimum absolute atomic E-state index is 0.482. The highest BCUT2D eigenvalue weighted by Crippen LogP contribution is 2.25. The third kappa shape index (κ3) is 3.12. The average molecular weight is 329 g/mol. The standard InChI is InChI=1S/C19H21ClN2O/c1-3-19-21-17-12-15(13(2)23)6-9-18(17)22(19)16-7-4-14(5-8-16)10-11-20/h4-9,12-13,23H,3,10-11H2,1-2H3. The Kier molecular flexibility index (Phi) is 4.69. The van der Waals surface area contributed by atoms with Crippen LogP contribution in [0.4, 0.5) is 0 Å². The van der Waals surface area contributed by atoms with E-state index >= 15 is 0 Å². The maximum atomic E-state index is 9.77. The summed E-state index contributed by atoms with van der Waals surface area (Å²) in [7, 11) is 0. The molecule has 0 spiro atoms. The predicted octanol–water partition coefficient (Wildman–Crippen LogP) is 4.42. The molecule has 3 rings (SSSR count). The van der Waals surface area contributed by atoms with E-state index in [1.54, 1.807) is 6.92 Å². The second-order valence-corrected chi connectivity index (χ2v) is 6.12. The maximum Gasteiger partial charge on any atom is 0.114 e. The van der Waals surface area contributed by atoms with E-state index in [1.165, 1.54) is 5.56 Å². The minimum atomic E-state index is -0.482. The van der Waals surface area contributed by atoms with Gasteiger partial charge in [0.2, 0.25) is 0 Å². The molecule has 0 bridgehead atoms. The molecule has 4 heteroatoms. The number of aliphatic hydroxyl groups excluding tert-OH is 1. The van der Waals surface area contributed by atoms with Gasteiger partial charge in [0.25, 0.3) is 0 Å². The number of hydrogen-bond acceptors (Lipinski definition) is 2. The molecule has 3 aromatic rings. The molecule has 0 aliphatic heterocycles. The third-order valence-electron chi connectivity index (χ3n) is 4.12. The smallest absolute Gasteiger partial charge is 0.114 e. The quantitative estimate of drug-likeness (QED) is 0.704. The van der Waals surface area contributed by atoms with E-state index < -0.39 is 6.10 Å². The number of hydrogen-bond donors (Lipinski definition) is 1. The summed E-state index contributed by atoms with van der Waals surface area (Å²) in [5.74, 6) is 1.66. The van der Waals surface area contributed by atoms with Gasteiger partial charge in [0, 0.05) is 18.0 Å². The van der Waals surface area contributed by atoms with E-state index in [0.717, 1.165) is 41.0 Å². The maximum absolute atomic E-state index is 9.77. The number of benzene rings is 2. The van der Waals surface area contributed by atoms with Crippen LogP contribution in [0.5, 0.6) is 0 Å². The third-order valence-corrected chi connectivity index (χ3v) is 4.31. The number of aromatic nitrogens is 2. The summed E-state index contributed by atoms with van der Waals surface area (Å²) >= 11 is 5.81. The van der Waals surface area contributed by atoms with E-state index in [-0.39, 0.29) is 0 Å². The van der Waals surface area contributed by atoms with Crippen molar-refractivity contribution in [1.82, 2.24) is 9.55 Å². The Morgan fingerprint density at radius 2 is 1.91 bits per heavy atom. The highest BCUT2D eigenvalue weighted by Gasteiger charge is 2.13. The number of aliphatic hydroxyl groups is 1. The molecule has 120 valence electrons. The molecule has 0 aliphatic carbocycles. The second kappa shape index (κ2) is 6.73. The first kappa shape index (κ1) is 16.0. The van der Waals surface area contributed by atoms with Gasteiger partial charge in [-0.25, -0.2) is 4.98 Å². The lowest BCUT2D eigenvalue weighted by molar-refractivity contribution is 0.199. The number of aryl methyl sites for hydroxylation is 2. The van der Waals surface area contributed by atoms with Gasteiger partial charge in [-0.05, 0) is 48.7 Å². The summed E-state index contributed by atoms with van der Waals surface area (Å²) in [5.41, 5.74) is 5.22. The fraction of sp³-hybridized carbons (Fsp3) is 0.316. The molecule has 0 radical (unpaired) electrons. The van der Waals surface area contributed by atoms with E-state index in [0.29, 0.717) is 5.88 Å². The summed E-state index contributed by atoms with van der Waals surface area (Å²) in [6.07, 6.45) is 1.25. The molecule has 3 nitrogen and oxygen atoms in total. The van der Waals surface area contributed by atoms with Gasteiger partial charge < -0.3 is 5.11 Å². The summed E-state index contributed by atoms with van der Waals surface area (Å²) < 4.78 is 2.19. The molecular formula is C19H21ClN2O. The molecule has 23 heavy (non-hydrogen) atoms. The molecule has 2 aromatic carbocycles. The van der Waals surface area contributed by atoms with Crippen LogP contribution in [0, 0.1) is 0 Å². The largest absolute Gasteiger partial charge is 0.389 e. The minimum Gasteiger partial charge on any atom is -0.389 e. The van der Waals surface area contributed by atoms with E-state index in [4.69, 9.17) is 16.6 Å². The van der Waals surface area contributed by atoms with Gasteiger partial charge in [-0.3, -0.25) is 4.57 Å². The normalized spacial score (nSPS) is 12.7. The average Bonchev–Trinajstić information content (AvgIpc) is 2.93. The fourth-order valence-electron chi connectivity index (χ4n) is 2.85. The predicted molar refractivity (Wildman–Crippen MR) is 95.5 cm³/mol. The van der Waals surface area contributed by atoms with Crippen molar-refractivity contribution in [2.24, 2.45) is 0 Å². The number of fused-ring (bicyclic) bond motifs is 1. The SMILES string of the molecule is CCc1nc2cc(C(C)O)ccc2n1-c1ccc(CCCl)cc1. The van der Waals surface area contributed by atoms with E-state index in [2.05, 4.69) is 35.8 Å². The molecule has 1 atom stereocenters. The molecular weight excluding hydrogens is 308 g/mol. The Labute approximate surface area is 141 Å². The van der Waals surface area contributed by atoms with Gasteiger partial charge >= 0.3 is 0 Å². The van der Waals surface area contributed by atoms with E-state index in [9.17, 15) is 5.11 Å². The number of halogens is 1. The summed E-state index contributed by atoms with van der Waals surface area (Å²) in [4.78, 5) is 4.74. The summed E-state index contributed by atoms with van der Waals surface area (Å²) in [6.45, 7) is 3.88. The molecule has 0 saturated carbocycles. The Hall–Kier alpha value is -1.84. The van der Waals surface area contributed by atoms with Crippen molar-refractivity contribution < 1.29 is 5.11 Å². The number of rotatable bonds is 5. The monoisotopic (exact) mass is 328 g/mol. The highest BCUT2D eigenvalue weighted by molar-refractivity contribution is 6.17. The topological polar surface area (TPSA) is 38.1 Å². The van der Waals surface area contributed by atoms with Crippen molar-refractivity contribution in [3.05, 3.63) is 59.4 Å². The van der Waals surface area contributed by atoms with Gasteiger partial charge in [0.15, 0.2) is 0 Å². The zero-order valence-corrected chi connectivity index (χ0v) is 14.2. The van der Waals surface area contributed by atoms with Crippen molar-refractivity contribution >= 4 is 22.6 Å². The van der Waals surface area contributed by atoms with Crippen LogP contribution in [0.25, 0.3) is 16.7 Å². The zero-order valence-electron chi connectivity index (χ0n) is 13.5. The Bertz CT molecular complexity index is 806. The number of imidazole rings is 1. The van der Waals surface area contributed by atoms with E-state index in [1.807, 2.05) is 18.2 Å². The van der Waals surface area contributed by atoms with Crippen molar-refractivity contribution in [2.45, 2.75) is 32.8 Å². The number of nitrogens with zero attached hydrogens (tertiary/aromatic N) is 2. The van der Waals surface area contributed by atoms with Crippen molar-refractivity contribution in [3.63, 3.8) is 0 Å². The molecule has 1 heterocycles. The first-order chi connectivity index (χ1) is 11.1. The van der Waals surface area contributed by atoms with Crippen LogP contribution in [0.15, 0.2) is 42.5 Å². The highest BCUT2D eigenvalue weighted by atomic mass is 35.5. The van der Waals surface area contributed by atoms with Crippen LogP contribution in [0.2, 0.25) is 0 Å². The lowest BCUT2D eigenvalue weighted by atomic mass is 10.1. The first-order valence-electron chi connectivity index (χ1n) is 7.98. The van der Waals surface area contributed by atoms with Crippen LogP contribution >= 0.6 is 11.6 Å². The number of alkyl halides is 1. The van der Waals surface area contributed by atoms with Crippen LogP contribution in [0.1, 0.15) is 36.9 Å². The molecule has 0 amide bonds. The van der Waals surface area contributed by atoms with Gasteiger partial charge in [-0.15, -0.1) is 11.6 Å². The molecule has 1 unspecified atom stereocenters. The van der Waals surface area contributed by atoms with Crippen LogP contribution in [0.3, 0.4) is 0 Å². The lowest BCUT2D eigenvalue weighted by Crippen LogP contribution is -2.00. The van der Waals surface area contributed by atoms with Crippen LogP contribution in [-0.4, -0.2) is 20.5 Å². The van der Waals surface area contributed by atoms with Gasteiger partial charge in [-0.2, -0.15) is 0 Å².